The van der Waals surface area contributed by atoms with Gasteiger partial charge >= 0.3 is 5.97 Å². The van der Waals surface area contributed by atoms with Gasteiger partial charge in [-0.05, 0) is 126 Å². The summed E-state index contributed by atoms with van der Waals surface area (Å²) < 4.78 is 16.5. The molecule has 47 heavy (non-hydrogen) atoms. The molecule has 0 saturated heterocycles. The number of imidazole rings is 1. The lowest BCUT2D eigenvalue weighted by Gasteiger charge is -2.56. The van der Waals surface area contributed by atoms with Gasteiger partial charge in [0, 0.05) is 34.5 Å². The fourth-order valence-electron chi connectivity index (χ4n) is 9.24. The Morgan fingerprint density at radius 3 is 2.55 bits per heavy atom. The summed E-state index contributed by atoms with van der Waals surface area (Å²) in [4.78, 5) is 19.4. The largest absolute Gasteiger partial charge is 0.465 e. The van der Waals surface area contributed by atoms with Gasteiger partial charge in [-0.25, -0.2) is 9.78 Å². The molecule has 1 aromatic carbocycles. The van der Waals surface area contributed by atoms with E-state index < -0.39 is 16.3 Å². The number of hydrogen-bond acceptors (Lipinski definition) is 9. The van der Waals surface area contributed by atoms with E-state index in [1.165, 1.54) is 50.5 Å². The van der Waals surface area contributed by atoms with E-state index in [9.17, 15) is 4.79 Å². The number of para-hydroxylation sites is 1. The van der Waals surface area contributed by atoms with E-state index in [-0.39, 0.29) is 0 Å². The number of aromatic nitrogens is 6. The molecule has 1 aliphatic heterocycles. The van der Waals surface area contributed by atoms with Gasteiger partial charge in [0.05, 0.1) is 30.9 Å². The van der Waals surface area contributed by atoms with E-state index in [0.717, 1.165) is 58.1 Å². The Balaban J connectivity index is 1.02. The summed E-state index contributed by atoms with van der Waals surface area (Å²) in [6, 6.07) is 12.3. The number of methoxy groups -OCH3 is 1. The molecule has 4 fully saturated rings. The summed E-state index contributed by atoms with van der Waals surface area (Å²) in [6.45, 7) is 5.10. The Kier molecular flexibility index (Phi) is 6.83. The number of carbonyl (C=O) groups excluding carboxylic acids is 1. The number of esters is 1. The minimum absolute atomic E-state index is 0.359. The second kappa shape index (κ2) is 11.0. The van der Waals surface area contributed by atoms with Gasteiger partial charge in [0.15, 0.2) is 11.5 Å². The lowest BCUT2D eigenvalue weighted by atomic mass is 9.49. The van der Waals surface area contributed by atoms with Crippen LogP contribution in [0.1, 0.15) is 60.1 Å². The number of nitrogens with one attached hydrogen (secondary N) is 2. The van der Waals surface area contributed by atoms with Crippen LogP contribution in [0.3, 0.4) is 0 Å². The van der Waals surface area contributed by atoms with E-state index >= 15 is 0 Å². The van der Waals surface area contributed by atoms with Crippen molar-refractivity contribution in [2.45, 2.75) is 63.8 Å². The first-order valence-corrected chi connectivity index (χ1v) is 19.2. The van der Waals surface area contributed by atoms with Crippen molar-refractivity contribution in [3.05, 3.63) is 71.8 Å². The van der Waals surface area contributed by atoms with Crippen molar-refractivity contribution in [2.24, 2.45) is 23.2 Å². The standard InChI is InChI=1S/C35H38N8O2S2/c1-20-10-30(41-47-40-27-6-4-5-7-29(27)46-47)38-39-32(20)28-18-36-33-31(34(44)45-3)25(8-9-42(28)33)26-17-37-43(21(26)2)19-35-14-22-11-23(15-35)13-24(12-22)16-35/h4-10,17-18,22-24,40,47H,11-16,19H2,1-3H3,(H,38,41). The van der Waals surface area contributed by atoms with E-state index in [2.05, 4.69) is 43.4 Å². The van der Waals surface area contributed by atoms with Crippen molar-refractivity contribution < 1.29 is 9.53 Å². The summed E-state index contributed by atoms with van der Waals surface area (Å²) in [5.41, 5.74) is 7.65. The maximum Gasteiger partial charge on any atom is 0.342 e. The molecule has 1 unspecified atom stereocenters. The Morgan fingerprint density at radius 1 is 1.06 bits per heavy atom. The third-order valence-electron chi connectivity index (χ3n) is 10.9. The second-order valence-corrected chi connectivity index (χ2v) is 17.3. The number of fused-ring (bicyclic) bond motifs is 2. The van der Waals surface area contributed by atoms with Crippen LogP contribution in [0.2, 0.25) is 0 Å². The number of hydrogen-bond donors (Lipinski definition) is 3. The molecule has 0 radical (unpaired) electrons. The normalized spacial score (nSPS) is 26.4. The number of ether oxygens (including phenoxy) is 1. The molecule has 5 aliphatic rings. The first kappa shape index (κ1) is 29.1. The van der Waals surface area contributed by atoms with E-state index in [0.29, 0.717) is 28.1 Å². The van der Waals surface area contributed by atoms with E-state index in [1.54, 1.807) is 17.0 Å². The Labute approximate surface area is 280 Å². The highest BCUT2D eigenvalue weighted by molar-refractivity contribution is 8.86. The Morgan fingerprint density at radius 2 is 1.83 bits per heavy atom. The van der Waals surface area contributed by atoms with Crippen LogP contribution in [-0.4, -0.2) is 42.4 Å². The quantitative estimate of drug-likeness (QED) is 0.0916. The summed E-state index contributed by atoms with van der Waals surface area (Å²) >= 11 is 0. The number of nitrogens with zero attached hydrogens (tertiary/aromatic N) is 6. The lowest BCUT2D eigenvalue weighted by Crippen LogP contribution is -2.48. The lowest BCUT2D eigenvalue weighted by molar-refractivity contribution is -0.0638. The maximum atomic E-state index is 13.4. The van der Waals surface area contributed by atoms with Crippen molar-refractivity contribution in [1.29, 1.82) is 0 Å². The molecule has 4 saturated carbocycles. The first-order chi connectivity index (χ1) is 22.9. The van der Waals surface area contributed by atoms with Crippen LogP contribution < -0.4 is 9.44 Å². The monoisotopic (exact) mass is 666 g/mol. The van der Waals surface area contributed by atoms with Crippen LogP contribution in [0, 0.1) is 37.0 Å². The van der Waals surface area contributed by atoms with Crippen LogP contribution >= 0.6 is 21.1 Å². The zero-order chi connectivity index (χ0) is 31.9. The molecule has 0 amide bonds. The van der Waals surface area contributed by atoms with Crippen LogP contribution in [-0.2, 0) is 11.3 Å². The highest BCUT2D eigenvalue weighted by Gasteiger charge is 2.51. The summed E-state index contributed by atoms with van der Waals surface area (Å²) in [5, 5.41) is 14.0. The summed E-state index contributed by atoms with van der Waals surface area (Å²) in [5.74, 6) is 2.95. The maximum absolute atomic E-state index is 13.4. The fourth-order valence-corrected chi connectivity index (χ4v) is 12.7. The predicted molar refractivity (Wildman–Crippen MR) is 187 cm³/mol. The third kappa shape index (κ3) is 4.90. The zero-order valence-electron chi connectivity index (χ0n) is 26.7. The summed E-state index contributed by atoms with van der Waals surface area (Å²) in [6.07, 6.45) is 13.9. The molecule has 4 bridgehead atoms. The number of aryl methyl sites for hydroxylation is 1. The van der Waals surface area contributed by atoms with Gasteiger partial charge in [0.1, 0.15) is 11.3 Å². The van der Waals surface area contributed by atoms with Gasteiger partial charge in [-0.3, -0.25) is 9.08 Å². The van der Waals surface area contributed by atoms with Gasteiger partial charge in [-0.15, -0.1) is 10.2 Å². The highest BCUT2D eigenvalue weighted by atomic mass is 33.1. The van der Waals surface area contributed by atoms with Crippen molar-refractivity contribution in [3.63, 3.8) is 0 Å². The Bertz CT molecular complexity index is 1990. The number of rotatable bonds is 7. The predicted octanol–water partition coefficient (Wildman–Crippen LogP) is 7.65. The van der Waals surface area contributed by atoms with Crippen LogP contribution in [0.5, 0.6) is 0 Å². The number of carbonyl (C=O) groups is 1. The van der Waals surface area contributed by atoms with E-state index in [4.69, 9.17) is 14.8 Å². The number of benzene rings is 1. The van der Waals surface area contributed by atoms with Crippen LogP contribution in [0.25, 0.3) is 28.2 Å². The SMILES string of the molecule is COC(=O)c1c(-c2cnn(CC34CC5CC(CC(C5)C3)C4)c2C)ccn2c(-c3nnc(N[SH]4Nc5ccccc5S4)cc3C)cnc12. The van der Waals surface area contributed by atoms with Gasteiger partial charge < -0.3 is 14.2 Å². The second-order valence-electron chi connectivity index (χ2n) is 14.0. The number of pyridine rings is 1. The average molecular weight is 667 g/mol. The van der Waals surface area contributed by atoms with Gasteiger partial charge in [0.25, 0.3) is 0 Å². The smallest absolute Gasteiger partial charge is 0.342 e. The van der Waals surface area contributed by atoms with Crippen LogP contribution in [0.4, 0.5) is 11.5 Å². The molecule has 242 valence electrons. The number of thiol groups is 1. The highest BCUT2D eigenvalue weighted by Crippen LogP contribution is 2.60. The minimum atomic E-state index is -0.755. The van der Waals surface area contributed by atoms with Crippen molar-refractivity contribution in [2.75, 3.05) is 16.6 Å². The molecule has 12 heteroatoms. The average Bonchev–Trinajstić information content (AvgIpc) is 3.76. The molecule has 5 heterocycles. The van der Waals surface area contributed by atoms with E-state index in [1.807, 2.05) is 48.0 Å². The molecule has 2 N–H and O–H groups in total. The van der Waals surface area contributed by atoms with Gasteiger partial charge in [0.2, 0.25) is 0 Å². The van der Waals surface area contributed by atoms with Gasteiger partial charge in [-0.1, -0.05) is 12.1 Å². The van der Waals surface area contributed by atoms with Gasteiger partial charge in [-0.2, -0.15) is 5.10 Å². The zero-order valence-corrected chi connectivity index (χ0v) is 28.4. The molecular weight excluding hydrogens is 629 g/mol. The number of anilines is 2. The van der Waals surface area contributed by atoms with Crippen LogP contribution in [0.15, 0.2) is 59.9 Å². The topological polar surface area (TPSA) is 111 Å². The van der Waals surface area contributed by atoms with Crippen molar-refractivity contribution >= 4 is 44.2 Å². The van der Waals surface area contributed by atoms with Crippen molar-refractivity contribution in [1.82, 2.24) is 29.4 Å². The molecule has 10 rings (SSSR count). The molecule has 1 atom stereocenters. The first-order valence-electron chi connectivity index (χ1n) is 16.4. The molecule has 4 aromatic heterocycles. The molecule has 5 aromatic rings. The molecular formula is C35H38N8O2S2. The van der Waals surface area contributed by atoms with Crippen molar-refractivity contribution in [3.8, 4) is 22.5 Å². The fraction of sp³-hybridized carbons (Fsp3) is 0.400. The Hall–Kier alpha value is -4.03. The summed E-state index contributed by atoms with van der Waals surface area (Å²) in [7, 11) is 2.44. The molecule has 10 nitrogen and oxygen atoms in total. The third-order valence-corrected chi connectivity index (χ3v) is 14.2. The molecule has 0 spiro atoms. The molecule has 4 aliphatic carbocycles. The minimum Gasteiger partial charge on any atom is -0.465 e.